The van der Waals surface area contributed by atoms with Gasteiger partial charge in [0.1, 0.15) is 11.9 Å². The Bertz CT molecular complexity index is 793. The van der Waals surface area contributed by atoms with Crippen molar-refractivity contribution in [1.29, 1.82) is 0 Å². The Balaban J connectivity index is 1.48. The molecule has 26 heavy (non-hydrogen) atoms. The van der Waals surface area contributed by atoms with Crippen LogP contribution in [0, 0.1) is 10.1 Å². The van der Waals surface area contributed by atoms with Crippen LogP contribution in [-0.4, -0.2) is 38.5 Å². The number of imidazole rings is 1. The van der Waals surface area contributed by atoms with Gasteiger partial charge in [0.25, 0.3) is 0 Å². The van der Waals surface area contributed by atoms with Crippen LogP contribution in [0.25, 0.3) is 0 Å². The first-order valence-electron chi connectivity index (χ1n) is 8.42. The van der Waals surface area contributed by atoms with Gasteiger partial charge in [0.05, 0.1) is 17.8 Å². The predicted molar refractivity (Wildman–Crippen MR) is 97.6 cm³/mol. The number of rotatable bonds is 8. The van der Waals surface area contributed by atoms with Crippen molar-refractivity contribution in [3.05, 3.63) is 45.9 Å². The third-order valence-corrected chi connectivity index (χ3v) is 4.69. The number of nitrogens with zero attached hydrogens (tertiary/aromatic N) is 4. The molecule has 0 aliphatic carbocycles. The highest BCUT2D eigenvalue weighted by molar-refractivity contribution is 6.28. The van der Waals surface area contributed by atoms with E-state index in [-0.39, 0.29) is 17.6 Å². The lowest BCUT2D eigenvalue weighted by atomic mass is 9.99. The third kappa shape index (κ3) is 4.25. The zero-order valence-corrected chi connectivity index (χ0v) is 15.2. The molecule has 0 spiro atoms. The Hall–Kier alpha value is -2.32. The molecule has 1 aliphatic rings. The maximum Gasteiger partial charge on any atom is 0.383 e. The third-order valence-electron chi connectivity index (χ3n) is 4.39. The molecule has 1 N–H and O–H groups in total. The molecule has 1 aromatic carbocycles. The van der Waals surface area contributed by atoms with Gasteiger partial charge in [-0.1, -0.05) is 12.1 Å². The lowest BCUT2D eigenvalue weighted by Gasteiger charge is -2.24. The van der Waals surface area contributed by atoms with Crippen molar-refractivity contribution < 1.29 is 14.8 Å². The number of aliphatic hydroxyl groups is 1. The van der Waals surface area contributed by atoms with Gasteiger partial charge in [-0.15, -0.1) is 0 Å². The standard InChI is InChI=1S/C17H21ClN4O4/c1-17(23,11-21-10-15(22(24)25)19-16(21)18)8-4-5-9-20-12-26-14-7-3-2-6-13(14)20/h2-3,6-7,10,23H,4-5,8-9,11-12H2,1H3. The lowest BCUT2D eigenvalue weighted by molar-refractivity contribution is -0.389. The van der Waals surface area contributed by atoms with E-state index >= 15 is 0 Å². The van der Waals surface area contributed by atoms with Crippen LogP contribution in [0.3, 0.4) is 0 Å². The summed E-state index contributed by atoms with van der Waals surface area (Å²) in [6, 6.07) is 7.92. The largest absolute Gasteiger partial charge is 0.471 e. The second-order valence-corrected chi connectivity index (χ2v) is 7.05. The van der Waals surface area contributed by atoms with Crippen molar-refractivity contribution >= 4 is 23.1 Å². The minimum absolute atomic E-state index is 0.00259. The van der Waals surface area contributed by atoms with E-state index in [0.29, 0.717) is 13.2 Å². The van der Waals surface area contributed by atoms with Crippen molar-refractivity contribution in [2.75, 3.05) is 18.2 Å². The smallest absolute Gasteiger partial charge is 0.383 e. The molecular weight excluding hydrogens is 360 g/mol. The number of unbranched alkanes of at least 4 members (excludes halogenated alkanes) is 1. The van der Waals surface area contributed by atoms with Crippen LogP contribution in [-0.2, 0) is 6.54 Å². The number of para-hydroxylation sites is 2. The molecule has 1 aliphatic heterocycles. The van der Waals surface area contributed by atoms with Crippen LogP contribution < -0.4 is 9.64 Å². The van der Waals surface area contributed by atoms with Crippen LogP contribution in [0.15, 0.2) is 30.5 Å². The van der Waals surface area contributed by atoms with Crippen molar-refractivity contribution in [2.24, 2.45) is 0 Å². The zero-order valence-electron chi connectivity index (χ0n) is 14.5. The number of halogens is 1. The van der Waals surface area contributed by atoms with Gasteiger partial charge in [0.15, 0.2) is 6.73 Å². The van der Waals surface area contributed by atoms with Gasteiger partial charge in [-0.05, 0) is 59.8 Å². The first kappa shape index (κ1) is 18.5. The molecule has 140 valence electrons. The maximum atomic E-state index is 10.8. The SMILES string of the molecule is CC(O)(CCCCN1COc2ccccc21)Cn1cc([N+](=O)[O-])nc1Cl. The highest BCUT2D eigenvalue weighted by atomic mass is 35.5. The molecule has 0 saturated carbocycles. The number of aromatic nitrogens is 2. The lowest BCUT2D eigenvalue weighted by Crippen LogP contribution is -2.31. The fourth-order valence-corrected chi connectivity index (χ4v) is 3.27. The van der Waals surface area contributed by atoms with E-state index in [1.54, 1.807) is 6.92 Å². The minimum Gasteiger partial charge on any atom is -0.471 e. The second kappa shape index (κ2) is 7.51. The van der Waals surface area contributed by atoms with Crippen molar-refractivity contribution in [3.8, 4) is 5.75 Å². The summed E-state index contributed by atoms with van der Waals surface area (Å²) in [7, 11) is 0. The van der Waals surface area contributed by atoms with Crippen LogP contribution in [0.1, 0.15) is 26.2 Å². The van der Waals surface area contributed by atoms with Crippen molar-refractivity contribution in [3.63, 3.8) is 0 Å². The van der Waals surface area contributed by atoms with Crippen LogP contribution in [0.4, 0.5) is 11.5 Å². The summed E-state index contributed by atoms with van der Waals surface area (Å²) >= 11 is 5.91. The first-order chi connectivity index (χ1) is 12.4. The minimum atomic E-state index is -1.03. The molecule has 0 radical (unpaired) electrons. The van der Waals surface area contributed by atoms with E-state index in [4.69, 9.17) is 16.3 Å². The predicted octanol–water partition coefficient (Wildman–Crippen LogP) is 3.22. The topological polar surface area (TPSA) is 93.7 Å². The molecule has 2 aromatic rings. The molecule has 0 fully saturated rings. The molecule has 2 heterocycles. The van der Waals surface area contributed by atoms with Crippen molar-refractivity contribution in [2.45, 2.75) is 38.3 Å². The molecule has 8 nitrogen and oxygen atoms in total. The quantitative estimate of drug-likeness (QED) is 0.429. The molecule has 1 aromatic heterocycles. The number of fused-ring (bicyclic) bond motifs is 1. The molecule has 0 bridgehead atoms. The summed E-state index contributed by atoms with van der Waals surface area (Å²) in [6.45, 7) is 3.24. The average Bonchev–Trinajstić information content (AvgIpc) is 3.16. The van der Waals surface area contributed by atoms with E-state index in [1.807, 2.05) is 24.3 Å². The highest BCUT2D eigenvalue weighted by Crippen LogP contribution is 2.33. The highest BCUT2D eigenvalue weighted by Gasteiger charge is 2.26. The van der Waals surface area contributed by atoms with E-state index < -0.39 is 10.5 Å². The van der Waals surface area contributed by atoms with E-state index in [1.165, 1.54) is 10.8 Å². The molecular formula is C17H21ClN4O4. The number of nitro groups is 1. The van der Waals surface area contributed by atoms with E-state index in [2.05, 4.69) is 9.88 Å². The van der Waals surface area contributed by atoms with Gasteiger partial charge in [0.2, 0.25) is 0 Å². The second-order valence-electron chi connectivity index (χ2n) is 6.71. The van der Waals surface area contributed by atoms with E-state index in [0.717, 1.165) is 30.8 Å². The first-order valence-corrected chi connectivity index (χ1v) is 8.80. The van der Waals surface area contributed by atoms with Crippen LogP contribution in [0.2, 0.25) is 5.28 Å². The molecule has 1 unspecified atom stereocenters. The summed E-state index contributed by atoms with van der Waals surface area (Å²) < 4.78 is 7.03. The Morgan fingerprint density at radius 3 is 2.92 bits per heavy atom. The van der Waals surface area contributed by atoms with Gasteiger partial charge in [-0.25, -0.2) is 0 Å². The maximum absolute atomic E-state index is 10.8. The average molecular weight is 381 g/mol. The zero-order chi connectivity index (χ0) is 18.7. The number of hydrogen-bond donors (Lipinski definition) is 1. The Morgan fingerprint density at radius 2 is 2.19 bits per heavy atom. The summed E-state index contributed by atoms with van der Waals surface area (Å²) in [6.07, 6.45) is 3.49. The molecule has 3 rings (SSSR count). The Morgan fingerprint density at radius 1 is 1.42 bits per heavy atom. The van der Waals surface area contributed by atoms with Gasteiger partial charge in [-0.3, -0.25) is 4.57 Å². The molecule has 1 atom stereocenters. The molecule has 0 saturated heterocycles. The van der Waals surface area contributed by atoms with Crippen LogP contribution >= 0.6 is 11.6 Å². The van der Waals surface area contributed by atoms with Gasteiger partial charge >= 0.3 is 11.1 Å². The van der Waals surface area contributed by atoms with Gasteiger partial charge in [-0.2, -0.15) is 0 Å². The fraction of sp³-hybridized carbons (Fsp3) is 0.471. The number of hydrogen-bond acceptors (Lipinski definition) is 6. The Labute approximate surface area is 156 Å². The van der Waals surface area contributed by atoms with Crippen molar-refractivity contribution in [1.82, 2.24) is 9.55 Å². The molecule has 0 amide bonds. The van der Waals surface area contributed by atoms with Gasteiger partial charge in [0, 0.05) is 6.54 Å². The fourth-order valence-electron chi connectivity index (χ4n) is 3.08. The molecule has 9 heteroatoms. The van der Waals surface area contributed by atoms with Crippen LogP contribution in [0.5, 0.6) is 5.75 Å². The monoisotopic (exact) mass is 380 g/mol. The summed E-state index contributed by atoms with van der Waals surface area (Å²) in [4.78, 5) is 16.0. The summed E-state index contributed by atoms with van der Waals surface area (Å²) in [5.74, 6) is 0.578. The van der Waals surface area contributed by atoms with E-state index in [9.17, 15) is 15.2 Å². The normalized spacial score (nSPS) is 15.4. The number of benzene rings is 1. The Kier molecular flexibility index (Phi) is 5.33. The number of ether oxygens (including phenoxy) is 1. The van der Waals surface area contributed by atoms with Gasteiger partial charge < -0.3 is 24.9 Å². The summed E-state index contributed by atoms with van der Waals surface area (Å²) in [5.41, 5.74) is 0.0641. The number of anilines is 1. The summed E-state index contributed by atoms with van der Waals surface area (Å²) in [5, 5.41) is 21.3.